The predicted molar refractivity (Wildman–Crippen MR) is 101 cm³/mol. The third-order valence-electron chi connectivity index (χ3n) is 4.81. The molecule has 9 heteroatoms. The molecule has 0 radical (unpaired) electrons. The minimum absolute atomic E-state index is 0.103. The van der Waals surface area contributed by atoms with Crippen molar-refractivity contribution in [2.24, 2.45) is 0 Å². The van der Waals surface area contributed by atoms with Crippen molar-refractivity contribution < 1.29 is 13.2 Å². The Morgan fingerprint density at radius 1 is 1.33 bits per heavy atom. The number of aryl methyl sites for hydroxylation is 1. The number of sulfonamides is 1. The zero-order valence-corrected chi connectivity index (χ0v) is 16.5. The maximum Gasteiger partial charge on any atom is 0.272 e. The molecule has 27 heavy (non-hydrogen) atoms. The number of aromatic nitrogens is 3. The van der Waals surface area contributed by atoms with Crippen molar-refractivity contribution in [2.45, 2.75) is 38.9 Å². The van der Waals surface area contributed by atoms with E-state index in [1.807, 2.05) is 13.0 Å². The smallest absolute Gasteiger partial charge is 0.272 e. The quantitative estimate of drug-likeness (QED) is 0.742. The minimum atomic E-state index is -3.43. The molecule has 1 aliphatic heterocycles. The second-order valence-corrected chi connectivity index (χ2v) is 8.68. The summed E-state index contributed by atoms with van der Waals surface area (Å²) in [6.07, 6.45) is 7.65. The van der Waals surface area contributed by atoms with E-state index in [1.165, 1.54) is 10.6 Å². The van der Waals surface area contributed by atoms with E-state index < -0.39 is 10.0 Å². The van der Waals surface area contributed by atoms with Gasteiger partial charge in [0.1, 0.15) is 5.69 Å². The SMILES string of the molecule is CCn1nccc1C(=O)N1CCCC(N(Cc2cccnc2)S(C)(=O)=O)C1. The van der Waals surface area contributed by atoms with E-state index in [0.717, 1.165) is 18.4 Å². The van der Waals surface area contributed by atoms with E-state index in [2.05, 4.69) is 10.1 Å². The summed E-state index contributed by atoms with van der Waals surface area (Å²) in [4.78, 5) is 18.7. The highest BCUT2D eigenvalue weighted by Gasteiger charge is 2.33. The minimum Gasteiger partial charge on any atom is -0.336 e. The molecule has 1 unspecified atom stereocenters. The molecule has 3 heterocycles. The molecule has 0 aromatic carbocycles. The number of carbonyl (C=O) groups is 1. The van der Waals surface area contributed by atoms with Gasteiger partial charge in [-0.2, -0.15) is 9.40 Å². The van der Waals surface area contributed by atoms with Gasteiger partial charge in [0, 0.05) is 50.8 Å². The highest BCUT2D eigenvalue weighted by molar-refractivity contribution is 7.88. The Hall–Kier alpha value is -2.26. The number of hydrogen-bond donors (Lipinski definition) is 0. The summed E-state index contributed by atoms with van der Waals surface area (Å²) >= 11 is 0. The van der Waals surface area contributed by atoms with E-state index in [9.17, 15) is 13.2 Å². The van der Waals surface area contributed by atoms with Crippen LogP contribution < -0.4 is 0 Å². The summed E-state index contributed by atoms with van der Waals surface area (Å²) in [5.74, 6) is -0.103. The van der Waals surface area contributed by atoms with Gasteiger partial charge in [-0.15, -0.1) is 0 Å². The number of nitrogens with zero attached hydrogens (tertiary/aromatic N) is 5. The highest BCUT2D eigenvalue weighted by Crippen LogP contribution is 2.22. The van der Waals surface area contributed by atoms with Crippen LogP contribution in [0.3, 0.4) is 0 Å². The van der Waals surface area contributed by atoms with Crippen LogP contribution in [0.5, 0.6) is 0 Å². The van der Waals surface area contributed by atoms with Crippen molar-refractivity contribution in [2.75, 3.05) is 19.3 Å². The van der Waals surface area contributed by atoms with Crippen LogP contribution in [0.25, 0.3) is 0 Å². The fourth-order valence-electron chi connectivity index (χ4n) is 3.49. The maximum absolute atomic E-state index is 12.9. The Morgan fingerprint density at radius 3 is 2.81 bits per heavy atom. The lowest BCUT2D eigenvalue weighted by Gasteiger charge is -2.38. The molecule has 1 fully saturated rings. The second-order valence-electron chi connectivity index (χ2n) is 6.75. The molecule has 3 rings (SSSR count). The third-order valence-corrected chi connectivity index (χ3v) is 6.09. The monoisotopic (exact) mass is 391 g/mol. The molecule has 1 amide bonds. The number of carbonyl (C=O) groups excluding carboxylic acids is 1. The first-order valence-electron chi connectivity index (χ1n) is 9.07. The van der Waals surface area contributed by atoms with Gasteiger partial charge in [0.05, 0.1) is 6.26 Å². The van der Waals surface area contributed by atoms with E-state index in [1.54, 1.807) is 40.3 Å². The van der Waals surface area contributed by atoms with Crippen LogP contribution in [0.4, 0.5) is 0 Å². The van der Waals surface area contributed by atoms with Crippen LogP contribution in [0.2, 0.25) is 0 Å². The van der Waals surface area contributed by atoms with Crippen LogP contribution in [0, 0.1) is 0 Å². The molecule has 1 aliphatic rings. The van der Waals surface area contributed by atoms with Crippen molar-refractivity contribution >= 4 is 15.9 Å². The van der Waals surface area contributed by atoms with Gasteiger partial charge in [-0.05, 0) is 37.5 Å². The van der Waals surface area contributed by atoms with Gasteiger partial charge < -0.3 is 4.90 Å². The number of piperidine rings is 1. The molecule has 0 saturated carbocycles. The fraction of sp³-hybridized carbons (Fsp3) is 0.500. The first-order valence-corrected chi connectivity index (χ1v) is 10.9. The fourth-order valence-corrected chi connectivity index (χ4v) is 4.59. The molecule has 146 valence electrons. The maximum atomic E-state index is 12.9. The van der Waals surface area contributed by atoms with Crippen molar-refractivity contribution in [3.63, 3.8) is 0 Å². The molecule has 0 spiro atoms. The molecule has 0 aliphatic carbocycles. The van der Waals surface area contributed by atoms with Gasteiger partial charge in [0.15, 0.2) is 0 Å². The molecule has 2 aromatic rings. The van der Waals surface area contributed by atoms with Crippen molar-refractivity contribution in [3.05, 3.63) is 48.0 Å². The zero-order valence-electron chi connectivity index (χ0n) is 15.7. The van der Waals surface area contributed by atoms with Gasteiger partial charge in [-0.25, -0.2) is 8.42 Å². The molecule has 1 saturated heterocycles. The Balaban J connectivity index is 1.79. The lowest BCUT2D eigenvalue weighted by atomic mass is 10.0. The molecule has 8 nitrogen and oxygen atoms in total. The first-order chi connectivity index (χ1) is 12.9. The normalized spacial score (nSPS) is 18.0. The number of rotatable bonds is 6. The lowest BCUT2D eigenvalue weighted by Crippen LogP contribution is -2.51. The summed E-state index contributed by atoms with van der Waals surface area (Å²) in [6, 6.07) is 5.10. The molecule has 0 N–H and O–H groups in total. The summed E-state index contributed by atoms with van der Waals surface area (Å²) in [5, 5.41) is 4.16. The average Bonchev–Trinajstić information content (AvgIpc) is 3.14. The van der Waals surface area contributed by atoms with Crippen LogP contribution in [0.15, 0.2) is 36.8 Å². The molecular weight excluding hydrogens is 366 g/mol. The second kappa shape index (κ2) is 8.18. The number of amides is 1. The topological polar surface area (TPSA) is 88.4 Å². The third kappa shape index (κ3) is 4.54. The number of pyridine rings is 1. The molecular formula is C18H25N5O3S. The van der Waals surface area contributed by atoms with Crippen LogP contribution in [0.1, 0.15) is 35.8 Å². The van der Waals surface area contributed by atoms with Gasteiger partial charge in [-0.1, -0.05) is 6.07 Å². The molecule has 0 bridgehead atoms. The van der Waals surface area contributed by atoms with Gasteiger partial charge >= 0.3 is 0 Å². The van der Waals surface area contributed by atoms with Crippen LogP contribution in [-0.2, 0) is 23.1 Å². The van der Waals surface area contributed by atoms with Crippen LogP contribution in [-0.4, -0.2) is 63.7 Å². The zero-order chi connectivity index (χ0) is 19.4. The van der Waals surface area contributed by atoms with Crippen LogP contribution >= 0.6 is 0 Å². The Kier molecular flexibility index (Phi) is 5.91. The van der Waals surface area contributed by atoms with E-state index in [-0.39, 0.29) is 18.5 Å². The van der Waals surface area contributed by atoms with E-state index in [4.69, 9.17) is 0 Å². The summed E-state index contributed by atoms with van der Waals surface area (Å²) < 4.78 is 28.0. The summed E-state index contributed by atoms with van der Waals surface area (Å²) in [6.45, 7) is 3.80. The Morgan fingerprint density at radius 2 is 2.15 bits per heavy atom. The Bertz CT molecular complexity index is 881. The summed E-state index contributed by atoms with van der Waals surface area (Å²) in [7, 11) is -3.43. The number of likely N-dealkylation sites (tertiary alicyclic amines) is 1. The average molecular weight is 391 g/mol. The van der Waals surface area contributed by atoms with Crippen molar-refractivity contribution in [3.8, 4) is 0 Å². The first kappa shape index (κ1) is 19.5. The van der Waals surface area contributed by atoms with Crippen molar-refractivity contribution in [1.29, 1.82) is 0 Å². The summed E-state index contributed by atoms with van der Waals surface area (Å²) in [5.41, 5.74) is 1.37. The van der Waals surface area contributed by atoms with E-state index >= 15 is 0 Å². The standard InChI is InChI=1S/C18H25N5O3S/c1-3-22-17(8-10-20-22)18(24)21-11-5-7-16(14-21)23(27(2,25)26)13-15-6-4-9-19-12-15/h4,6,8-10,12,16H,3,5,7,11,13-14H2,1-2H3. The van der Waals surface area contributed by atoms with Gasteiger partial charge in [0.25, 0.3) is 5.91 Å². The van der Waals surface area contributed by atoms with Gasteiger partial charge in [-0.3, -0.25) is 14.5 Å². The van der Waals surface area contributed by atoms with Crippen molar-refractivity contribution in [1.82, 2.24) is 24.0 Å². The molecule has 2 aromatic heterocycles. The van der Waals surface area contributed by atoms with Gasteiger partial charge in [0.2, 0.25) is 10.0 Å². The van der Waals surface area contributed by atoms with E-state index in [0.29, 0.717) is 25.3 Å². The lowest BCUT2D eigenvalue weighted by molar-refractivity contribution is 0.0638. The largest absolute Gasteiger partial charge is 0.336 e. The number of hydrogen-bond acceptors (Lipinski definition) is 5. The highest BCUT2D eigenvalue weighted by atomic mass is 32.2. The predicted octanol–water partition coefficient (Wildman–Crippen LogP) is 1.36. The molecule has 1 atom stereocenters. The Labute approximate surface area is 159 Å².